The van der Waals surface area contributed by atoms with E-state index in [1.165, 1.54) is 0 Å². The van der Waals surface area contributed by atoms with Gasteiger partial charge in [-0.2, -0.15) is 0 Å². The van der Waals surface area contributed by atoms with E-state index in [0.29, 0.717) is 16.1 Å². The van der Waals surface area contributed by atoms with Crippen molar-refractivity contribution in [3.05, 3.63) is 34.3 Å². The van der Waals surface area contributed by atoms with Gasteiger partial charge in [0.25, 0.3) is 5.91 Å². The minimum absolute atomic E-state index is 0.0467. The first kappa shape index (κ1) is 16.6. The minimum atomic E-state index is -0.214. The van der Waals surface area contributed by atoms with Gasteiger partial charge in [-0.3, -0.25) is 4.79 Å². The molecule has 20 heavy (non-hydrogen) atoms. The van der Waals surface area contributed by atoms with Gasteiger partial charge in [-0.05, 0) is 31.5 Å². The van der Waals surface area contributed by atoms with E-state index in [1.54, 1.807) is 30.1 Å². The summed E-state index contributed by atoms with van der Waals surface area (Å²) in [6, 6.07) is 5.24. The predicted molar refractivity (Wildman–Crippen MR) is 81.9 cm³/mol. The lowest BCUT2D eigenvalue weighted by Gasteiger charge is -2.24. The second kappa shape index (κ2) is 7.94. The Labute approximate surface area is 125 Å². The van der Waals surface area contributed by atoms with Gasteiger partial charge in [-0.25, -0.2) is 0 Å². The molecule has 1 aromatic carbocycles. The van der Waals surface area contributed by atoms with Gasteiger partial charge in [0.05, 0.1) is 5.02 Å². The molecule has 1 amide bonds. The summed E-state index contributed by atoms with van der Waals surface area (Å²) in [6.07, 6.45) is 2.01. The quantitative estimate of drug-likeness (QED) is 0.867. The number of amides is 1. The van der Waals surface area contributed by atoms with Crippen LogP contribution in [0.25, 0.3) is 0 Å². The molecular weight excluding hydrogens is 274 g/mol. The highest BCUT2D eigenvalue weighted by molar-refractivity contribution is 6.32. The van der Waals surface area contributed by atoms with Crippen LogP contribution in [0.3, 0.4) is 0 Å². The van der Waals surface area contributed by atoms with Crippen LogP contribution in [0.1, 0.15) is 42.6 Å². The summed E-state index contributed by atoms with van der Waals surface area (Å²) >= 11 is 6.10. The lowest BCUT2D eigenvalue weighted by Crippen LogP contribution is -2.34. The average Bonchev–Trinajstić information content (AvgIpc) is 2.44. The van der Waals surface area contributed by atoms with Gasteiger partial charge in [0.15, 0.2) is 0 Å². The standard InChI is InChI=1S/C16H20ClNO2/c1-4-6-12(2)18(3)16(20)14-9-8-13(7-5-10-19)15(17)11-14/h8-9,11-12,19H,4,6,10H2,1-3H3. The number of halogens is 1. The largest absolute Gasteiger partial charge is 0.384 e. The fraction of sp³-hybridized carbons (Fsp3) is 0.438. The van der Waals surface area contributed by atoms with Gasteiger partial charge in [0.1, 0.15) is 6.61 Å². The van der Waals surface area contributed by atoms with Crippen LogP contribution in [0.5, 0.6) is 0 Å². The van der Waals surface area contributed by atoms with Crippen LogP contribution in [-0.4, -0.2) is 35.6 Å². The molecule has 3 nitrogen and oxygen atoms in total. The first-order chi connectivity index (χ1) is 9.51. The maximum Gasteiger partial charge on any atom is 0.253 e. The molecule has 0 spiro atoms. The number of hydrogen-bond acceptors (Lipinski definition) is 2. The summed E-state index contributed by atoms with van der Waals surface area (Å²) in [7, 11) is 1.80. The van der Waals surface area contributed by atoms with E-state index in [4.69, 9.17) is 16.7 Å². The van der Waals surface area contributed by atoms with Crippen molar-refractivity contribution >= 4 is 17.5 Å². The van der Waals surface area contributed by atoms with E-state index in [0.717, 1.165) is 12.8 Å². The molecule has 0 radical (unpaired) electrons. The molecular formula is C16H20ClNO2. The van der Waals surface area contributed by atoms with Gasteiger partial charge in [-0.1, -0.05) is 36.8 Å². The topological polar surface area (TPSA) is 40.5 Å². The Balaban J connectivity index is 2.92. The number of aliphatic hydroxyl groups is 1. The van der Waals surface area contributed by atoms with E-state index in [9.17, 15) is 4.79 Å². The number of carbonyl (C=O) groups is 1. The predicted octanol–water partition coefficient (Wildman–Crippen LogP) is 2.94. The number of hydrogen-bond donors (Lipinski definition) is 1. The SMILES string of the molecule is CCCC(C)N(C)C(=O)c1ccc(C#CCO)c(Cl)c1. The number of carbonyl (C=O) groups excluding carboxylic acids is 1. The Morgan fingerprint density at radius 1 is 1.50 bits per heavy atom. The monoisotopic (exact) mass is 293 g/mol. The van der Waals surface area contributed by atoms with Gasteiger partial charge < -0.3 is 10.0 Å². The molecule has 0 aliphatic carbocycles. The van der Waals surface area contributed by atoms with Gasteiger partial charge in [0.2, 0.25) is 0 Å². The number of rotatable bonds is 4. The van der Waals surface area contributed by atoms with E-state index in [1.807, 2.05) is 6.92 Å². The molecule has 1 N–H and O–H groups in total. The Hall–Kier alpha value is -1.50. The summed E-state index contributed by atoms with van der Waals surface area (Å²) in [4.78, 5) is 14.1. The van der Waals surface area contributed by atoms with Crippen LogP contribution >= 0.6 is 11.6 Å². The minimum Gasteiger partial charge on any atom is -0.384 e. The molecule has 0 aromatic heterocycles. The normalized spacial score (nSPS) is 11.4. The second-order valence-corrected chi connectivity index (χ2v) is 5.12. The zero-order chi connectivity index (χ0) is 15.1. The van der Waals surface area contributed by atoms with E-state index >= 15 is 0 Å². The zero-order valence-corrected chi connectivity index (χ0v) is 12.9. The van der Waals surface area contributed by atoms with Crippen molar-refractivity contribution < 1.29 is 9.90 Å². The first-order valence-corrected chi connectivity index (χ1v) is 7.05. The highest BCUT2D eigenvalue weighted by Gasteiger charge is 2.17. The smallest absolute Gasteiger partial charge is 0.253 e. The van der Waals surface area contributed by atoms with Crippen molar-refractivity contribution in [3.63, 3.8) is 0 Å². The molecule has 1 atom stereocenters. The number of aliphatic hydroxyl groups excluding tert-OH is 1. The highest BCUT2D eigenvalue weighted by Crippen LogP contribution is 2.19. The molecule has 108 valence electrons. The molecule has 1 unspecified atom stereocenters. The fourth-order valence-electron chi connectivity index (χ4n) is 1.90. The maximum absolute atomic E-state index is 12.3. The molecule has 0 fully saturated rings. The van der Waals surface area contributed by atoms with Crippen molar-refractivity contribution in [2.24, 2.45) is 0 Å². The van der Waals surface area contributed by atoms with Gasteiger partial charge in [0, 0.05) is 24.2 Å². The highest BCUT2D eigenvalue weighted by atomic mass is 35.5. The molecule has 0 aliphatic rings. The van der Waals surface area contributed by atoms with Crippen molar-refractivity contribution in [2.75, 3.05) is 13.7 Å². The Bertz CT molecular complexity index is 531. The molecule has 0 saturated carbocycles. The molecule has 1 aromatic rings. The van der Waals surface area contributed by atoms with Gasteiger partial charge in [-0.15, -0.1) is 0 Å². The van der Waals surface area contributed by atoms with Crippen LogP contribution in [0, 0.1) is 11.8 Å². The molecule has 0 aliphatic heterocycles. The maximum atomic E-state index is 12.3. The molecule has 0 bridgehead atoms. The van der Waals surface area contributed by atoms with E-state index < -0.39 is 0 Å². The Morgan fingerprint density at radius 3 is 2.75 bits per heavy atom. The second-order valence-electron chi connectivity index (χ2n) is 4.71. The van der Waals surface area contributed by atoms with Gasteiger partial charge >= 0.3 is 0 Å². The lowest BCUT2D eigenvalue weighted by atomic mass is 10.1. The number of nitrogens with zero attached hydrogens (tertiary/aromatic N) is 1. The third-order valence-corrected chi connectivity index (χ3v) is 3.52. The molecule has 4 heteroatoms. The van der Waals surface area contributed by atoms with Crippen LogP contribution in [0.15, 0.2) is 18.2 Å². The van der Waals surface area contributed by atoms with E-state index in [-0.39, 0.29) is 18.6 Å². The molecule has 0 heterocycles. The number of benzene rings is 1. The van der Waals surface area contributed by atoms with Crippen molar-refractivity contribution in [2.45, 2.75) is 32.7 Å². The third-order valence-electron chi connectivity index (χ3n) is 3.21. The summed E-state index contributed by atoms with van der Waals surface area (Å²) < 4.78 is 0. The fourth-order valence-corrected chi connectivity index (χ4v) is 2.13. The van der Waals surface area contributed by atoms with Crippen LogP contribution in [0.4, 0.5) is 0 Å². The van der Waals surface area contributed by atoms with Crippen LogP contribution < -0.4 is 0 Å². The van der Waals surface area contributed by atoms with Crippen molar-refractivity contribution in [3.8, 4) is 11.8 Å². The third kappa shape index (κ3) is 4.26. The first-order valence-electron chi connectivity index (χ1n) is 6.67. The summed E-state index contributed by atoms with van der Waals surface area (Å²) in [5.74, 6) is 5.24. The van der Waals surface area contributed by atoms with Crippen LogP contribution in [-0.2, 0) is 0 Å². The average molecular weight is 294 g/mol. The Morgan fingerprint density at radius 2 is 2.20 bits per heavy atom. The van der Waals surface area contributed by atoms with Crippen molar-refractivity contribution in [1.29, 1.82) is 0 Å². The summed E-state index contributed by atoms with van der Waals surface area (Å²) in [5, 5.41) is 9.09. The van der Waals surface area contributed by atoms with E-state index in [2.05, 4.69) is 18.8 Å². The van der Waals surface area contributed by atoms with Crippen molar-refractivity contribution in [1.82, 2.24) is 4.90 Å². The summed E-state index contributed by atoms with van der Waals surface area (Å²) in [6.45, 7) is 3.92. The van der Waals surface area contributed by atoms with Crippen LogP contribution in [0.2, 0.25) is 5.02 Å². The molecule has 0 saturated heterocycles. The summed E-state index contributed by atoms with van der Waals surface area (Å²) in [5.41, 5.74) is 1.16. The lowest BCUT2D eigenvalue weighted by molar-refractivity contribution is 0.0737. The zero-order valence-electron chi connectivity index (χ0n) is 12.1. The molecule has 1 rings (SSSR count). The Kier molecular flexibility index (Phi) is 6.57.